The lowest BCUT2D eigenvalue weighted by atomic mass is 10.0. The van der Waals surface area contributed by atoms with Gasteiger partial charge in [0.25, 0.3) is 0 Å². The molecule has 0 saturated carbocycles. The third-order valence-electron chi connectivity index (χ3n) is 2.73. The van der Waals surface area contributed by atoms with Gasteiger partial charge in [-0.2, -0.15) is 0 Å². The monoisotopic (exact) mass is 230 g/mol. The summed E-state index contributed by atoms with van der Waals surface area (Å²) in [5, 5.41) is 0. The van der Waals surface area contributed by atoms with Gasteiger partial charge in [0, 0.05) is 0 Å². The molecule has 0 spiro atoms. The van der Waals surface area contributed by atoms with Crippen molar-refractivity contribution in [2.75, 3.05) is 0 Å². The summed E-state index contributed by atoms with van der Waals surface area (Å²) in [6.07, 6.45) is 2.75. The number of benzene rings is 1. The van der Waals surface area contributed by atoms with Crippen molar-refractivity contribution in [2.45, 2.75) is 26.3 Å². The molecule has 4 heteroatoms. The number of para-hydroxylation sites is 2. The SMILES string of the molecule is CC(C)CC(NN)c1cnc2ccccc2n1. The third-order valence-corrected chi connectivity index (χ3v) is 2.73. The number of nitrogens with two attached hydrogens (primary N) is 1. The van der Waals surface area contributed by atoms with E-state index in [-0.39, 0.29) is 6.04 Å². The first-order chi connectivity index (χ1) is 8.20. The fourth-order valence-corrected chi connectivity index (χ4v) is 1.88. The minimum atomic E-state index is 0.0621. The summed E-state index contributed by atoms with van der Waals surface area (Å²) >= 11 is 0. The quantitative estimate of drug-likeness (QED) is 0.624. The van der Waals surface area contributed by atoms with E-state index in [0.717, 1.165) is 23.1 Å². The fraction of sp³-hybridized carbons (Fsp3) is 0.385. The Hall–Kier alpha value is -1.52. The first-order valence-corrected chi connectivity index (χ1v) is 5.88. The maximum Gasteiger partial charge on any atom is 0.0890 e. The lowest BCUT2D eigenvalue weighted by Gasteiger charge is -2.17. The number of aromatic nitrogens is 2. The summed E-state index contributed by atoms with van der Waals surface area (Å²) in [6, 6.07) is 7.92. The Morgan fingerprint density at radius 3 is 2.59 bits per heavy atom. The summed E-state index contributed by atoms with van der Waals surface area (Å²) in [5.41, 5.74) is 5.54. The highest BCUT2D eigenvalue weighted by Crippen LogP contribution is 2.19. The molecule has 90 valence electrons. The van der Waals surface area contributed by atoms with Crippen LogP contribution in [-0.2, 0) is 0 Å². The number of hydrazine groups is 1. The van der Waals surface area contributed by atoms with Crippen molar-refractivity contribution in [3.05, 3.63) is 36.2 Å². The van der Waals surface area contributed by atoms with Crippen LogP contribution < -0.4 is 11.3 Å². The molecule has 3 N–H and O–H groups in total. The minimum Gasteiger partial charge on any atom is -0.271 e. The molecular formula is C13H18N4. The van der Waals surface area contributed by atoms with Crippen molar-refractivity contribution in [1.29, 1.82) is 0 Å². The molecule has 0 bridgehead atoms. The van der Waals surface area contributed by atoms with Gasteiger partial charge in [-0.05, 0) is 24.5 Å². The number of fused-ring (bicyclic) bond motifs is 1. The fourth-order valence-electron chi connectivity index (χ4n) is 1.88. The highest BCUT2D eigenvalue weighted by molar-refractivity contribution is 5.73. The van der Waals surface area contributed by atoms with Crippen molar-refractivity contribution >= 4 is 11.0 Å². The van der Waals surface area contributed by atoms with Gasteiger partial charge in [-0.15, -0.1) is 0 Å². The summed E-state index contributed by atoms with van der Waals surface area (Å²) in [4.78, 5) is 8.99. The van der Waals surface area contributed by atoms with Crippen LogP contribution in [-0.4, -0.2) is 9.97 Å². The van der Waals surface area contributed by atoms with Crippen LogP contribution in [0.3, 0.4) is 0 Å². The van der Waals surface area contributed by atoms with Gasteiger partial charge in [-0.25, -0.2) is 4.98 Å². The Kier molecular flexibility index (Phi) is 3.66. The van der Waals surface area contributed by atoms with Crippen LogP contribution in [0.5, 0.6) is 0 Å². The molecule has 0 radical (unpaired) electrons. The number of hydrogen-bond acceptors (Lipinski definition) is 4. The van der Waals surface area contributed by atoms with Crippen LogP contribution in [0.4, 0.5) is 0 Å². The predicted molar refractivity (Wildman–Crippen MR) is 69.1 cm³/mol. The van der Waals surface area contributed by atoms with Crippen LogP contribution in [0.15, 0.2) is 30.5 Å². The van der Waals surface area contributed by atoms with Crippen LogP contribution in [0.1, 0.15) is 32.0 Å². The number of hydrogen-bond donors (Lipinski definition) is 2. The Morgan fingerprint density at radius 2 is 1.94 bits per heavy atom. The zero-order valence-electron chi connectivity index (χ0n) is 10.2. The Balaban J connectivity index is 2.34. The first-order valence-electron chi connectivity index (χ1n) is 5.88. The Morgan fingerprint density at radius 1 is 1.24 bits per heavy atom. The van der Waals surface area contributed by atoms with Gasteiger partial charge in [-0.3, -0.25) is 16.3 Å². The molecule has 1 heterocycles. The molecule has 0 aliphatic heterocycles. The van der Waals surface area contributed by atoms with E-state index in [4.69, 9.17) is 5.84 Å². The molecule has 0 aliphatic carbocycles. The van der Waals surface area contributed by atoms with Crippen molar-refractivity contribution in [3.8, 4) is 0 Å². The summed E-state index contributed by atoms with van der Waals surface area (Å²) in [5.74, 6) is 6.14. The summed E-state index contributed by atoms with van der Waals surface area (Å²) in [7, 11) is 0. The van der Waals surface area contributed by atoms with Crippen LogP contribution >= 0.6 is 0 Å². The third kappa shape index (κ3) is 2.78. The standard InChI is InChI=1S/C13H18N4/c1-9(2)7-12(17-14)13-8-15-10-5-3-4-6-11(10)16-13/h3-6,8-9,12,17H,7,14H2,1-2H3. The summed E-state index contributed by atoms with van der Waals surface area (Å²) < 4.78 is 0. The molecule has 0 aliphatic rings. The van der Waals surface area contributed by atoms with Crippen molar-refractivity contribution in [3.63, 3.8) is 0 Å². The molecule has 0 saturated heterocycles. The van der Waals surface area contributed by atoms with Crippen LogP contribution in [0.2, 0.25) is 0 Å². The Bertz CT molecular complexity index is 495. The van der Waals surface area contributed by atoms with Gasteiger partial charge in [0.1, 0.15) is 0 Å². The van der Waals surface area contributed by atoms with E-state index >= 15 is 0 Å². The number of nitrogens with zero attached hydrogens (tertiary/aromatic N) is 2. The maximum atomic E-state index is 5.58. The molecule has 2 aromatic rings. The number of nitrogens with one attached hydrogen (secondary N) is 1. The first kappa shape index (κ1) is 12.0. The molecule has 2 rings (SSSR count). The van der Waals surface area contributed by atoms with E-state index in [2.05, 4.69) is 29.2 Å². The van der Waals surface area contributed by atoms with E-state index in [1.54, 1.807) is 6.20 Å². The van der Waals surface area contributed by atoms with Gasteiger partial charge in [0.2, 0.25) is 0 Å². The normalized spacial score (nSPS) is 13.2. The van der Waals surface area contributed by atoms with E-state index < -0.39 is 0 Å². The van der Waals surface area contributed by atoms with Crippen molar-refractivity contribution in [2.24, 2.45) is 11.8 Å². The molecule has 17 heavy (non-hydrogen) atoms. The lowest BCUT2D eigenvalue weighted by Crippen LogP contribution is -2.29. The average molecular weight is 230 g/mol. The van der Waals surface area contributed by atoms with Gasteiger partial charge in [0.05, 0.1) is 29.0 Å². The second-order valence-corrected chi connectivity index (χ2v) is 4.63. The lowest BCUT2D eigenvalue weighted by molar-refractivity contribution is 0.430. The zero-order valence-corrected chi connectivity index (χ0v) is 10.2. The van der Waals surface area contributed by atoms with E-state index in [9.17, 15) is 0 Å². The second-order valence-electron chi connectivity index (χ2n) is 4.63. The molecule has 1 unspecified atom stereocenters. The van der Waals surface area contributed by atoms with Crippen molar-refractivity contribution < 1.29 is 0 Å². The van der Waals surface area contributed by atoms with Gasteiger partial charge >= 0.3 is 0 Å². The largest absolute Gasteiger partial charge is 0.271 e. The van der Waals surface area contributed by atoms with Crippen molar-refractivity contribution in [1.82, 2.24) is 15.4 Å². The molecule has 1 aromatic carbocycles. The Labute approximate surface area is 101 Å². The highest BCUT2D eigenvalue weighted by atomic mass is 15.2. The average Bonchev–Trinajstić information content (AvgIpc) is 2.35. The van der Waals surface area contributed by atoms with Gasteiger partial charge in [-0.1, -0.05) is 26.0 Å². The maximum absolute atomic E-state index is 5.58. The highest BCUT2D eigenvalue weighted by Gasteiger charge is 2.13. The van der Waals surface area contributed by atoms with Gasteiger partial charge < -0.3 is 0 Å². The summed E-state index contributed by atoms with van der Waals surface area (Å²) in [6.45, 7) is 4.33. The second kappa shape index (κ2) is 5.21. The minimum absolute atomic E-state index is 0.0621. The topological polar surface area (TPSA) is 63.8 Å². The molecular weight excluding hydrogens is 212 g/mol. The molecule has 1 aromatic heterocycles. The molecule has 4 nitrogen and oxygen atoms in total. The zero-order chi connectivity index (χ0) is 12.3. The van der Waals surface area contributed by atoms with E-state index in [1.807, 2.05) is 24.3 Å². The van der Waals surface area contributed by atoms with E-state index in [1.165, 1.54) is 0 Å². The smallest absolute Gasteiger partial charge is 0.0890 e. The molecule has 0 amide bonds. The van der Waals surface area contributed by atoms with Crippen LogP contribution in [0.25, 0.3) is 11.0 Å². The number of rotatable bonds is 4. The van der Waals surface area contributed by atoms with Crippen LogP contribution in [0, 0.1) is 5.92 Å². The molecule has 0 fully saturated rings. The molecule has 1 atom stereocenters. The van der Waals surface area contributed by atoms with E-state index in [0.29, 0.717) is 5.92 Å². The predicted octanol–water partition coefficient (Wildman–Crippen LogP) is 2.18. The van der Waals surface area contributed by atoms with Gasteiger partial charge in [0.15, 0.2) is 0 Å².